The Bertz CT molecular complexity index is 762. The van der Waals surface area contributed by atoms with E-state index >= 15 is 0 Å². The normalized spacial score (nSPS) is 15.7. The minimum absolute atomic E-state index is 0.0565. The standard InChI is InChI=1S/C20H32BN5O5/c22-19(23)25-12-3-4-16(21(30)31)26-18(29)20(10-1-2-11-20)17(28)24-13-9-14-5-7-15(27)8-6-14/h5-8,16,27,30-31H,1-4,9-13H2,(H,24,28)(H,26,29)(H4,22,23,25)/t16-/m0/s1. The molecule has 0 aliphatic heterocycles. The van der Waals surface area contributed by atoms with Gasteiger partial charge in [0.15, 0.2) is 5.96 Å². The summed E-state index contributed by atoms with van der Waals surface area (Å²) in [5.41, 5.74) is 10.3. The molecule has 1 atom stereocenters. The van der Waals surface area contributed by atoms with E-state index in [1.54, 1.807) is 24.3 Å². The highest BCUT2D eigenvalue weighted by Crippen LogP contribution is 2.39. The van der Waals surface area contributed by atoms with E-state index in [1.165, 1.54) is 0 Å². The van der Waals surface area contributed by atoms with Gasteiger partial charge in [-0.3, -0.25) is 14.6 Å². The Balaban J connectivity index is 1.95. The Labute approximate surface area is 182 Å². The summed E-state index contributed by atoms with van der Waals surface area (Å²) in [7, 11) is -1.76. The fourth-order valence-electron chi connectivity index (χ4n) is 3.81. The van der Waals surface area contributed by atoms with E-state index in [0.717, 1.165) is 18.4 Å². The van der Waals surface area contributed by atoms with Crippen LogP contribution in [0.1, 0.15) is 44.1 Å². The van der Waals surface area contributed by atoms with Crippen LogP contribution in [-0.4, -0.2) is 59.1 Å². The van der Waals surface area contributed by atoms with Crippen molar-refractivity contribution in [3.8, 4) is 5.75 Å². The van der Waals surface area contributed by atoms with Gasteiger partial charge in [0.25, 0.3) is 0 Å². The van der Waals surface area contributed by atoms with Crippen LogP contribution in [0, 0.1) is 5.41 Å². The number of guanidine groups is 1. The number of carbonyl (C=O) groups is 2. The first-order valence-corrected chi connectivity index (χ1v) is 10.5. The number of amides is 2. The van der Waals surface area contributed by atoms with Crippen LogP contribution in [-0.2, 0) is 16.0 Å². The van der Waals surface area contributed by atoms with Gasteiger partial charge in [-0.05, 0) is 49.8 Å². The Morgan fingerprint density at radius 1 is 1.13 bits per heavy atom. The number of rotatable bonds is 11. The SMILES string of the molecule is NC(N)=NCCC[C@H](NC(=O)C1(C(=O)NCCc2ccc(O)cc2)CCCC1)B(O)O. The molecule has 1 aromatic carbocycles. The van der Waals surface area contributed by atoms with Crippen molar-refractivity contribution in [3.63, 3.8) is 0 Å². The topological polar surface area (TPSA) is 183 Å². The second-order valence-corrected chi connectivity index (χ2v) is 7.90. The molecule has 2 rings (SSSR count). The van der Waals surface area contributed by atoms with Crippen molar-refractivity contribution in [2.45, 2.75) is 50.9 Å². The molecular formula is C20H32BN5O5. The second-order valence-electron chi connectivity index (χ2n) is 7.90. The number of carbonyl (C=O) groups excluding carboxylic acids is 2. The molecule has 0 radical (unpaired) electrons. The molecule has 0 saturated heterocycles. The largest absolute Gasteiger partial charge is 0.508 e. The van der Waals surface area contributed by atoms with Crippen LogP contribution < -0.4 is 22.1 Å². The highest BCUT2D eigenvalue weighted by Gasteiger charge is 2.48. The molecule has 170 valence electrons. The molecule has 1 aromatic rings. The fraction of sp³-hybridized carbons (Fsp3) is 0.550. The summed E-state index contributed by atoms with van der Waals surface area (Å²) in [4.78, 5) is 29.8. The van der Waals surface area contributed by atoms with Crippen molar-refractivity contribution < 1.29 is 24.7 Å². The maximum atomic E-state index is 13.0. The van der Waals surface area contributed by atoms with Gasteiger partial charge in [-0.25, -0.2) is 0 Å². The van der Waals surface area contributed by atoms with Crippen LogP contribution in [0.5, 0.6) is 5.75 Å². The van der Waals surface area contributed by atoms with Gasteiger partial charge in [-0.2, -0.15) is 0 Å². The number of aliphatic imine (C=N–C) groups is 1. The predicted molar refractivity (Wildman–Crippen MR) is 118 cm³/mol. The molecule has 0 unspecified atom stereocenters. The minimum atomic E-state index is -1.76. The van der Waals surface area contributed by atoms with Crippen molar-refractivity contribution in [1.29, 1.82) is 0 Å². The summed E-state index contributed by atoms with van der Waals surface area (Å²) in [5, 5.41) is 34.2. The summed E-state index contributed by atoms with van der Waals surface area (Å²) in [5.74, 6) is -1.66. The first kappa shape index (κ1) is 24.5. The second kappa shape index (κ2) is 11.6. The Morgan fingerprint density at radius 2 is 1.77 bits per heavy atom. The highest BCUT2D eigenvalue weighted by atomic mass is 16.4. The summed E-state index contributed by atoms with van der Waals surface area (Å²) in [6, 6.07) is 6.71. The molecule has 1 aliphatic carbocycles. The molecule has 1 saturated carbocycles. The summed E-state index contributed by atoms with van der Waals surface area (Å²) >= 11 is 0. The van der Waals surface area contributed by atoms with Gasteiger partial charge in [-0.15, -0.1) is 0 Å². The molecule has 10 nitrogen and oxygen atoms in total. The molecule has 9 N–H and O–H groups in total. The lowest BCUT2D eigenvalue weighted by Gasteiger charge is -2.29. The van der Waals surface area contributed by atoms with E-state index in [0.29, 0.717) is 38.8 Å². The van der Waals surface area contributed by atoms with E-state index in [2.05, 4.69) is 15.6 Å². The van der Waals surface area contributed by atoms with Crippen molar-refractivity contribution in [1.82, 2.24) is 10.6 Å². The molecule has 0 spiro atoms. The van der Waals surface area contributed by atoms with Crippen molar-refractivity contribution in [3.05, 3.63) is 29.8 Å². The lowest BCUT2D eigenvalue weighted by atomic mass is 9.75. The third kappa shape index (κ3) is 7.14. The van der Waals surface area contributed by atoms with E-state index in [1.807, 2.05) is 0 Å². The first-order valence-electron chi connectivity index (χ1n) is 10.5. The first-order chi connectivity index (χ1) is 14.7. The van der Waals surface area contributed by atoms with Gasteiger partial charge < -0.3 is 37.3 Å². The molecule has 1 aliphatic rings. The van der Waals surface area contributed by atoms with Gasteiger partial charge in [0, 0.05) is 13.1 Å². The number of nitrogens with one attached hydrogen (secondary N) is 2. The third-order valence-corrected chi connectivity index (χ3v) is 5.61. The number of aromatic hydroxyl groups is 1. The molecule has 31 heavy (non-hydrogen) atoms. The lowest BCUT2D eigenvalue weighted by Crippen LogP contribution is -2.56. The number of nitrogens with two attached hydrogens (primary N) is 2. The van der Waals surface area contributed by atoms with E-state index in [-0.39, 0.29) is 24.0 Å². The zero-order valence-electron chi connectivity index (χ0n) is 17.6. The third-order valence-electron chi connectivity index (χ3n) is 5.61. The number of hydrogen-bond acceptors (Lipinski definition) is 6. The van der Waals surface area contributed by atoms with Crippen molar-refractivity contribution >= 4 is 24.9 Å². The van der Waals surface area contributed by atoms with Gasteiger partial charge in [0.2, 0.25) is 11.8 Å². The van der Waals surface area contributed by atoms with E-state index < -0.39 is 24.4 Å². The maximum absolute atomic E-state index is 13.0. The van der Waals surface area contributed by atoms with Crippen LogP contribution in [0.4, 0.5) is 0 Å². The number of phenols is 1. The highest BCUT2D eigenvalue weighted by molar-refractivity contribution is 6.43. The van der Waals surface area contributed by atoms with Crippen molar-refractivity contribution in [2.75, 3.05) is 13.1 Å². The Hall–Kier alpha value is -2.79. The number of benzene rings is 1. The van der Waals surface area contributed by atoms with Gasteiger partial charge >= 0.3 is 7.12 Å². The number of phenolic OH excluding ortho intramolecular Hbond substituents is 1. The maximum Gasteiger partial charge on any atom is 0.475 e. The summed E-state index contributed by atoms with van der Waals surface area (Å²) < 4.78 is 0. The van der Waals surface area contributed by atoms with E-state index in [4.69, 9.17) is 11.5 Å². The van der Waals surface area contributed by atoms with Crippen molar-refractivity contribution in [2.24, 2.45) is 21.9 Å². The van der Waals surface area contributed by atoms with Gasteiger partial charge in [0.1, 0.15) is 11.2 Å². The predicted octanol–water partition coefficient (Wildman–Crippen LogP) is -0.838. The molecule has 2 amide bonds. The van der Waals surface area contributed by atoms with Gasteiger partial charge in [0.05, 0.1) is 5.94 Å². The van der Waals surface area contributed by atoms with Crippen LogP contribution in [0.3, 0.4) is 0 Å². The van der Waals surface area contributed by atoms with Gasteiger partial charge in [-0.1, -0.05) is 25.0 Å². The lowest BCUT2D eigenvalue weighted by molar-refractivity contribution is -0.143. The molecular weight excluding hydrogens is 401 g/mol. The Morgan fingerprint density at radius 3 is 2.35 bits per heavy atom. The fourth-order valence-corrected chi connectivity index (χ4v) is 3.81. The molecule has 0 bridgehead atoms. The molecule has 11 heteroatoms. The number of hydrogen-bond donors (Lipinski definition) is 7. The van der Waals surface area contributed by atoms with Crippen LogP contribution in [0.2, 0.25) is 0 Å². The van der Waals surface area contributed by atoms with Crippen LogP contribution >= 0.6 is 0 Å². The summed E-state index contributed by atoms with van der Waals surface area (Å²) in [6.07, 6.45) is 3.56. The zero-order valence-corrected chi connectivity index (χ0v) is 17.6. The number of nitrogens with zero attached hydrogens (tertiary/aromatic N) is 1. The molecule has 0 aromatic heterocycles. The average molecular weight is 433 g/mol. The van der Waals surface area contributed by atoms with Crippen LogP contribution in [0.15, 0.2) is 29.3 Å². The monoisotopic (exact) mass is 433 g/mol. The molecule has 0 heterocycles. The smallest absolute Gasteiger partial charge is 0.475 e. The summed E-state index contributed by atoms with van der Waals surface area (Å²) in [6.45, 7) is 0.646. The van der Waals surface area contributed by atoms with E-state index in [9.17, 15) is 24.7 Å². The minimum Gasteiger partial charge on any atom is -0.508 e. The Kier molecular flexibility index (Phi) is 9.13. The quantitative estimate of drug-likeness (QED) is 0.0780. The zero-order chi connectivity index (χ0) is 22.9. The average Bonchev–Trinajstić information content (AvgIpc) is 3.22. The van der Waals surface area contributed by atoms with Crippen LogP contribution in [0.25, 0.3) is 0 Å². The molecule has 1 fully saturated rings.